The zero-order valence-corrected chi connectivity index (χ0v) is 19.1. The molecule has 0 aliphatic heterocycles. The molecule has 2 heterocycles. The van der Waals surface area contributed by atoms with Crippen molar-refractivity contribution in [1.82, 2.24) is 20.2 Å². The van der Waals surface area contributed by atoms with E-state index >= 15 is 0 Å². The van der Waals surface area contributed by atoms with Crippen LogP contribution in [0.15, 0.2) is 65.4 Å². The Morgan fingerprint density at radius 3 is 2.79 bits per heavy atom. The molecule has 4 rings (SSSR count). The SMILES string of the molecule is COCCNC(=O)c1coc(CN(CCc2c[nH]c3ccccc23)Cc2ccc(C)cc2)n1. The number of hydrogen-bond donors (Lipinski definition) is 2. The van der Waals surface area contributed by atoms with Crippen molar-refractivity contribution >= 4 is 16.8 Å². The molecule has 0 aliphatic rings. The number of para-hydroxylation sites is 1. The van der Waals surface area contributed by atoms with E-state index in [1.165, 1.54) is 28.3 Å². The van der Waals surface area contributed by atoms with Crippen molar-refractivity contribution < 1.29 is 13.9 Å². The number of aromatic amines is 1. The first-order valence-corrected chi connectivity index (χ1v) is 11.2. The van der Waals surface area contributed by atoms with E-state index < -0.39 is 0 Å². The van der Waals surface area contributed by atoms with E-state index in [9.17, 15) is 4.79 Å². The predicted octanol–water partition coefficient (Wildman–Crippen LogP) is 4.09. The molecule has 0 spiro atoms. The van der Waals surface area contributed by atoms with Gasteiger partial charge in [-0.15, -0.1) is 0 Å². The topological polar surface area (TPSA) is 83.4 Å². The molecule has 0 aliphatic carbocycles. The molecule has 0 fully saturated rings. The zero-order valence-electron chi connectivity index (χ0n) is 19.1. The van der Waals surface area contributed by atoms with E-state index in [1.807, 2.05) is 6.07 Å². The van der Waals surface area contributed by atoms with Gasteiger partial charge in [0.05, 0.1) is 13.2 Å². The second-order valence-corrected chi connectivity index (χ2v) is 8.18. The molecule has 172 valence electrons. The number of amides is 1. The van der Waals surface area contributed by atoms with Crippen LogP contribution in [0.25, 0.3) is 10.9 Å². The van der Waals surface area contributed by atoms with Gasteiger partial charge in [-0.1, -0.05) is 48.0 Å². The van der Waals surface area contributed by atoms with Gasteiger partial charge in [0.2, 0.25) is 5.89 Å². The first-order valence-electron chi connectivity index (χ1n) is 11.2. The monoisotopic (exact) mass is 446 g/mol. The zero-order chi connectivity index (χ0) is 23.0. The van der Waals surface area contributed by atoms with Crippen LogP contribution in [0.5, 0.6) is 0 Å². The minimum absolute atomic E-state index is 0.258. The van der Waals surface area contributed by atoms with Gasteiger partial charge in [0.15, 0.2) is 5.69 Å². The fourth-order valence-corrected chi connectivity index (χ4v) is 3.82. The molecule has 2 aromatic heterocycles. The maximum atomic E-state index is 12.2. The van der Waals surface area contributed by atoms with Crippen LogP contribution in [0, 0.1) is 6.92 Å². The highest BCUT2D eigenvalue weighted by atomic mass is 16.5. The van der Waals surface area contributed by atoms with E-state index in [-0.39, 0.29) is 11.6 Å². The van der Waals surface area contributed by atoms with Crippen LogP contribution in [0.3, 0.4) is 0 Å². The minimum Gasteiger partial charge on any atom is -0.447 e. The highest BCUT2D eigenvalue weighted by molar-refractivity contribution is 5.91. The fraction of sp³-hybridized carbons (Fsp3) is 0.308. The number of oxazole rings is 1. The molecule has 2 aromatic carbocycles. The number of aryl methyl sites for hydroxylation is 1. The number of carbonyl (C=O) groups excluding carboxylic acids is 1. The Labute approximate surface area is 193 Å². The van der Waals surface area contributed by atoms with Crippen LogP contribution in [-0.4, -0.2) is 47.6 Å². The van der Waals surface area contributed by atoms with Gasteiger partial charge in [-0.2, -0.15) is 0 Å². The van der Waals surface area contributed by atoms with E-state index in [4.69, 9.17) is 9.15 Å². The summed E-state index contributed by atoms with van der Waals surface area (Å²) in [6, 6.07) is 16.9. The quantitative estimate of drug-likeness (QED) is 0.339. The number of hydrogen-bond acceptors (Lipinski definition) is 5. The molecule has 33 heavy (non-hydrogen) atoms. The van der Waals surface area contributed by atoms with Gasteiger partial charge in [-0.25, -0.2) is 4.98 Å². The van der Waals surface area contributed by atoms with Crippen LogP contribution in [0.1, 0.15) is 33.1 Å². The number of nitrogens with zero attached hydrogens (tertiary/aromatic N) is 2. The molecule has 0 atom stereocenters. The lowest BCUT2D eigenvalue weighted by Gasteiger charge is -2.21. The predicted molar refractivity (Wildman–Crippen MR) is 128 cm³/mol. The Morgan fingerprint density at radius 1 is 1.15 bits per heavy atom. The van der Waals surface area contributed by atoms with Gasteiger partial charge in [0.1, 0.15) is 6.26 Å². The third-order valence-electron chi connectivity index (χ3n) is 5.63. The van der Waals surface area contributed by atoms with Crippen molar-refractivity contribution in [3.05, 3.63) is 89.3 Å². The number of rotatable bonds is 11. The average molecular weight is 447 g/mol. The Kier molecular flexibility index (Phi) is 7.55. The van der Waals surface area contributed by atoms with E-state index in [0.717, 1.165) is 25.0 Å². The van der Waals surface area contributed by atoms with E-state index in [1.54, 1.807) is 7.11 Å². The smallest absolute Gasteiger partial charge is 0.273 e. The molecule has 0 bridgehead atoms. The Bertz CT molecular complexity index is 1180. The highest BCUT2D eigenvalue weighted by Gasteiger charge is 2.16. The second-order valence-electron chi connectivity index (χ2n) is 8.18. The Balaban J connectivity index is 1.45. The summed E-state index contributed by atoms with van der Waals surface area (Å²) in [5.74, 6) is 0.267. The number of carbonyl (C=O) groups is 1. The summed E-state index contributed by atoms with van der Waals surface area (Å²) in [5, 5.41) is 4.02. The van der Waals surface area contributed by atoms with Gasteiger partial charge in [0, 0.05) is 43.8 Å². The molecule has 0 saturated carbocycles. The normalized spacial score (nSPS) is 11.4. The molecular weight excluding hydrogens is 416 g/mol. The molecule has 1 amide bonds. The summed E-state index contributed by atoms with van der Waals surface area (Å²) in [6.45, 7) is 5.08. The van der Waals surface area contributed by atoms with Gasteiger partial charge < -0.3 is 19.5 Å². The lowest BCUT2D eigenvalue weighted by Crippen LogP contribution is -2.27. The molecule has 0 saturated heterocycles. The molecule has 2 N–H and O–H groups in total. The lowest BCUT2D eigenvalue weighted by molar-refractivity contribution is 0.0932. The standard InChI is InChI=1S/C26H30N4O3/c1-19-7-9-20(10-8-19)16-30(13-11-21-15-28-23-6-4-3-5-22(21)23)17-25-29-24(18-33-25)26(31)27-12-14-32-2/h3-10,15,18,28H,11-14,16-17H2,1-2H3,(H,27,31). The van der Waals surface area contributed by atoms with Gasteiger partial charge in [0.25, 0.3) is 5.91 Å². The molecule has 7 heteroatoms. The molecule has 4 aromatic rings. The second kappa shape index (κ2) is 10.9. The van der Waals surface area contributed by atoms with Crippen molar-refractivity contribution in [2.45, 2.75) is 26.4 Å². The van der Waals surface area contributed by atoms with Crippen LogP contribution in [0.4, 0.5) is 0 Å². The van der Waals surface area contributed by atoms with Crippen molar-refractivity contribution in [1.29, 1.82) is 0 Å². The average Bonchev–Trinajstić information content (AvgIpc) is 3.46. The van der Waals surface area contributed by atoms with Crippen LogP contribution >= 0.6 is 0 Å². The van der Waals surface area contributed by atoms with Gasteiger partial charge in [-0.05, 0) is 30.5 Å². The van der Waals surface area contributed by atoms with Crippen LogP contribution in [-0.2, 0) is 24.2 Å². The molecule has 0 radical (unpaired) electrons. The largest absolute Gasteiger partial charge is 0.447 e. The summed E-state index contributed by atoms with van der Waals surface area (Å²) in [4.78, 5) is 22.3. The lowest BCUT2D eigenvalue weighted by atomic mass is 10.1. The summed E-state index contributed by atoms with van der Waals surface area (Å²) >= 11 is 0. The van der Waals surface area contributed by atoms with E-state index in [0.29, 0.717) is 25.6 Å². The fourth-order valence-electron chi connectivity index (χ4n) is 3.82. The van der Waals surface area contributed by atoms with Crippen LogP contribution < -0.4 is 5.32 Å². The number of methoxy groups -OCH3 is 1. The number of nitrogens with one attached hydrogen (secondary N) is 2. The number of benzene rings is 2. The van der Waals surface area contributed by atoms with Crippen LogP contribution in [0.2, 0.25) is 0 Å². The summed E-state index contributed by atoms with van der Waals surface area (Å²) in [6.07, 6.45) is 4.39. The summed E-state index contributed by atoms with van der Waals surface area (Å²) in [5.41, 5.74) is 5.18. The molecule has 0 unspecified atom stereocenters. The summed E-state index contributed by atoms with van der Waals surface area (Å²) < 4.78 is 10.6. The van der Waals surface area contributed by atoms with Crippen molar-refractivity contribution in [2.24, 2.45) is 0 Å². The first kappa shape index (κ1) is 22.8. The molecular formula is C26H30N4O3. The number of H-pyrrole nitrogens is 1. The number of ether oxygens (including phenoxy) is 1. The van der Waals surface area contributed by atoms with Crippen molar-refractivity contribution in [3.63, 3.8) is 0 Å². The van der Waals surface area contributed by atoms with Gasteiger partial charge >= 0.3 is 0 Å². The number of aromatic nitrogens is 2. The maximum absolute atomic E-state index is 12.2. The van der Waals surface area contributed by atoms with Crippen molar-refractivity contribution in [3.8, 4) is 0 Å². The third kappa shape index (κ3) is 6.09. The van der Waals surface area contributed by atoms with Gasteiger partial charge in [-0.3, -0.25) is 9.69 Å². The van der Waals surface area contributed by atoms with Crippen molar-refractivity contribution in [2.75, 3.05) is 26.8 Å². The molecule has 7 nitrogen and oxygen atoms in total. The minimum atomic E-state index is -0.258. The Hall–Kier alpha value is -3.42. The maximum Gasteiger partial charge on any atom is 0.273 e. The first-order chi connectivity index (χ1) is 16.1. The third-order valence-corrected chi connectivity index (χ3v) is 5.63. The highest BCUT2D eigenvalue weighted by Crippen LogP contribution is 2.19. The van der Waals surface area contributed by atoms with E-state index in [2.05, 4.69) is 75.8 Å². The Morgan fingerprint density at radius 2 is 1.97 bits per heavy atom. The number of fused-ring (bicyclic) bond motifs is 1. The summed E-state index contributed by atoms with van der Waals surface area (Å²) in [7, 11) is 1.60.